The molecule has 0 aliphatic rings. The van der Waals surface area contributed by atoms with E-state index in [4.69, 9.17) is 0 Å². The van der Waals surface area contributed by atoms with Gasteiger partial charge in [-0.1, -0.05) is 30.3 Å². The Morgan fingerprint density at radius 2 is 1.85 bits per heavy atom. The van der Waals surface area contributed by atoms with E-state index < -0.39 is 22.0 Å². The van der Waals surface area contributed by atoms with Crippen LogP contribution in [0.2, 0.25) is 0 Å². The monoisotopic (exact) mass is 311 g/mol. The lowest BCUT2D eigenvalue weighted by molar-refractivity contribution is -0.139. The summed E-state index contributed by atoms with van der Waals surface area (Å²) < 4.78 is 26.7. The van der Waals surface area contributed by atoms with Gasteiger partial charge in [0, 0.05) is 4.88 Å². The van der Waals surface area contributed by atoms with E-state index in [0.29, 0.717) is 5.56 Å². The number of benzene rings is 1. The Bertz CT molecular complexity index is 707. The first-order valence-corrected chi connectivity index (χ1v) is 8.06. The topological polar surface area (TPSA) is 83.5 Å². The van der Waals surface area contributed by atoms with Crippen molar-refractivity contribution in [3.63, 3.8) is 0 Å². The predicted molar refractivity (Wildman–Crippen MR) is 76.2 cm³/mol. The molecule has 2 N–H and O–H groups in total. The van der Waals surface area contributed by atoms with Crippen molar-refractivity contribution in [3.05, 3.63) is 52.9 Å². The number of hydrogen-bond acceptors (Lipinski definition) is 4. The standard InChI is InChI=1S/C13H13NO4S2/c1-9-7-8-11(19-9)20(17,18)14-12(13(15)16)10-5-3-2-4-6-10/h2-8,12,14H,1H3,(H,15,16). The summed E-state index contributed by atoms with van der Waals surface area (Å²) in [7, 11) is -3.84. The highest BCUT2D eigenvalue weighted by molar-refractivity contribution is 7.91. The van der Waals surface area contributed by atoms with Gasteiger partial charge in [0.05, 0.1) is 0 Å². The van der Waals surface area contributed by atoms with Crippen LogP contribution < -0.4 is 4.72 Å². The van der Waals surface area contributed by atoms with Gasteiger partial charge >= 0.3 is 5.97 Å². The molecule has 0 amide bonds. The number of sulfonamides is 1. The molecule has 20 heavy (non-hydrogen) atoms. The number of carbonyl (C=O) groups is 1. The molecule has 0 fully saturated rings. The second-order valence-corrected chi connectivity index (χ2v) is 7.40. The van der Waals surface area contributed by atoms with Gasteiger partial charge in [-0.05, 0) is 24.6 Å². The van der Waals surface area contributed by atoms with Crippen molar-refractivity contribution >= 4 is 27.3 Å². The van der Waals surface area contributed by atoms with Crippen LogP contribution in [0.15, 0.2) is 46.7 Å². The maximum atomic E-state index is 12.2. The molecule has 5 nitrogen and oxygen atoms in total. The Balaban J connectivity index is 2.32. The highest BCUT2D eigenvalue weighted by atomic mass is 32.2. The Morgan fingerprint density at radius 3 is 2.35 bits per heavy atom. The van der Waals surface area contributed by atoms with E-state index >= 15 is 0 Å². The molecule has 2 rings (SSSR count). The van der Waals surface area contributed by atoms with Crippen LogP contribution in [0.1, 0.15) is 16.5 Å². The van der Waals surface area contributed by atoms with Crippen LogP contribution in [0.4, 0.5) is 0 Å². The van der Waals surface area contributed by atoms with Crippen molar-refractivity contribution in [1.82, 2.24) is 4.72 Å². The van der Waals surface area contributed by atoms with E-state index in [1.165, 1.54) is 6.07 Å². The molecule has 1 heterocycles. The lowest BCUT2D eigenvalue weighted by Gasteiger charge is -2.14. The first kappa shape index (κ1) is 14.7. The molecule has 0 saturated carbocycles. The van der Waals surface area contributed by atoms with Gasteiger partial charge in [0.25, 0.3) is 10.0 Å². The molecule has 0 aliphatic carbocycles. The van der Waals surface area contributed by atoms with Gasteiger partial charge in [-0.25, -0.2) is 8.42 Å². The van der Waals surface area contributed by atoms with Crippen LogP contribution in [0.3, 0.4) is 0 Å². The zero-order valence-corrected chi connectivity index (χ0v) is 12.2. The predicted octanol–water partition coefficient (Wildman–Crippen LogP) is 2.16. The number of carboxylic acids is 1. The van der Waals surface area contributed by atoms with Gasteiger partial charge < -0.3 is 5.11 Å². The number of aliphatic carboxylic acids is 1. The lowest BCUT2D eigenvalue weighted by Crippen LogP contribution is -2.33. The molecule has 0 aliphatic heterocycles. The molecule has 1 unspecified atom stereocenters. The van der Waals surface area contributed by atoms with E-state index in [1.807, 2.05) is 0 Å². The number of aryl methyl sites for hydroxylation is 1. The fraction of sp³-hybridized carbons (Fsp3) is 0.154. The number of hydrogen-bond donors (Lipinski definition) is 2. The Hall–Kier alpha value is -1.70. The van der Waals surface area contributed by atoms with Crippen LogP contribution in [0.25, 0.3) is 0 Å². The molecule has 1 aromatic heterocycles. The minimum atomic E-state index is -3.84. The van der Waals surface area contributed by atoms with Crippen LogP contribution in [0.5, 0.6) is 0 Å². The second-order valence-electron chi connectivity index (χ2n) is 4.17. The highest BCUT2D eigenvalue weighted by Crippen LogP contribution is 2.23. The summed E-state index contributed by atoms with van der Waals surface area (Å²) >= 11 is 1.10. The average Bonchev–Trinajstić information content (AvgIpc) is 2.84. The molecule has 1 aromatic carbocycles. The minimum absolute atomic E-state index is 0.109. The SMILES string of the molecule is Cc1ccc(S(=O)(=O)NC(C(=O)O)c2ccccc2)s1. The van der Waals surface area contributed by atoms with Gasteiger partial charge in [0.1, 0.15) is 10.3 Å². The van der Waals surface area contributed by atoms with E-state index in [0.717, 1.165) is 16.2 Å². The van der Waals surface area contributed by atoms with Crippen molar-refractivity contribution in [3.8, 4) is 0 Å². The zero-order chi connectivity index (χ0) is 14.8. The summed E-state index contributed by atoms with van der Waals surface area (Å²) in [4.78, 5) is 12.1. The van der Waals surface area contributed by atoms with Crippen LogP contribution in [-0.4, -0.2) is 19.5 Å². The van der Waals surface area contributed by atoms with Crippen molar-refractivity contribution in [2.24, 2.45) is 0 Å². The van der Waals surface area contributed by atoms with E-state index in [2.05, 4.69) is 4.72 Å². The third-order valence-corrected chi connectivity index (χ3v) is 5.55. The maximum Gasteiger partial charge on any atom is 0.326 e. The second kappa shape index (κ2) is 5.74. The normalized spacial score (nSPS) is 13.1. The smallest absolute Gasteiger partial charge is 0.326 e. The quantitative estimate of drug-likeness (QED) is 0.886. The largest absolute Gasteiger partial charge is 0.480 e. The zero-order valence-electron chi connectivity index (χ0n) is 10.6. The molecule has 106 valence electrons. The summed E-state index contributed by atoms with van der Waals surface area (Å²) in [5.41, 5.74) is 0.386. The van der Waals surface area contributed by atoms with Crippen molar-refractivity contribution < 1.29 is 18.3 Å². The number of thiophene rings is 1. The summed E-state index contributed by atoms with van der Waals surface area (Å²) in [5.74, 6) is -1.24. The highest BCUT2D eigenvalue weighted by Gasteiger charge is 2.27. The molecule has 1 atom stereocenters. The van der Waals surface area contributed by atoms with Crippen LogP contribution in [-0.2, 0) is 14.8 Å². The Kier molecular flexibility index (Phi) is 4.22. The first-order valence-electron chi connectivity index (χ1n) is 5.76. The van der Waals surface area contributed by atoms with Crippen LogP contribution in [0, 0.1) is 6.92 Å². The molecule has 0 saturated heterocycles. The molecule has 0 bridgehead atoms. The fourth-order valence-electron chi connectivity index (χ4n) is 1.68. The van der Waals surface area contributed by atoms with E-state index in [-0.39, 0.29) is 4.21 Å². The van der Waals surface area contributed by atoms with Gasteiger partial charge in [0.2, 0.25) is 0 Å². The van der Waals surface area contributed by atoms with Crippen molar-refractivity contribution in [2.45, 2.75) is 17.2 Å². The number of rotatable bonds is 5. The third kappa shape index (κ3) is 3.24. The number of nitrogens with one attached hydrogen (secondary N) is 1. The summed E-state index contributed by atoms with van der Waals surface area (Å²) in [5, 5.41) is 9.22. The average molecular weight is 311 g/mol. The van der Waals surface area contributed by atoms with Gasteiger partial charge in [-0.3, -0.25) is 4.79 Å². The van der Waals surface area contributed by atoms with E-state index in [1.54, 1.807) is 43.3 Å². The van der Waals surface area contributed by atoms with Crippen molar-refractivity contribution in [2.75, 3.05) is 0 Å². The summed E-state index contributed by atoms with van der Waals surface area (Å²) in [6.07, 6.45) is 0. The maximum absolute atomic E-state index is 12.2. The van der Waals surface area contributed by atoms with E-state index in [9.17, 15) is 18.3 Å². The molecule has 0 spiro atoms. The van der Waals surface area contributed by atoms with Gasteiger partial charge in [0.15, 0.2) is 0 Å². The first-order chi connectivity index (χ1) is 9.40. The molecular weight excluding hydrogens is 298 g/mol. The van der Waals surface area contributed by atoms with Crippen molar-refractivity contribution in [1.29, 1.82) is 0 Å². The van der Waals surface area contributed by atoms with Crippen LogP contribution >= 0.6 is 11.3 Å². The molecule has 2 aromatic rings. The fourth-order valence-corrected chi connectivity index (χ4v) is 4.15. The Morgan fingerprint density at radius 1 is 1.20 bits per heavy atom. The third-order valence-electron chi connectivity index (χ3n) is 2.63. The lowest BCUT2D eigenvalue weighted by atomic mass is 10.1. The molecule has 7 heteroatoms. The minimum Gasteiger partial charge on any atom is -0.480 e. The summed E-state index contributed by atoms with van der Waals surface area (Å²) in [6, 6.07) is 10.0. The molecular formula is C13H13NO4S2. The Labute approximate surface area is 120 Å². The van der Waals surface area contributed by atoms with Gasteiger partial charge in [-0.2, -0.15) is 4.72 Å². The number of carboxylic acid groups (broad SMARTS) is 1. The molecule has 0 radical (unpaired) electrons. The summed E-state index contributed by atoms with van der Waals surface area (Å²) in [6.45, 7) is 1.79. The van der Waals surface area contributed by atoms with Gasteiger partial charge in [-0.15, -0.1) is 11.3 Å².